The maximum atomic E-state index is 11.8. The van der Waals surface area contributed by atoms with Crippen molar-refractivity contribution in [3.8, 4) is 0 Å². The largest absolute Gasteiger partial charge is 0.450 e. The van der Waals surface area contributed by atoms with Crippen molar-refractivity contribution < 1.29 is 9.53 Å². The number of nitrogens with zero attached hydrogens (tertiary/aromatic N) is 4. The Hall–Kier alpha value is -1.83. The average Bonchev–Trinajstić information content (AvgIpc) is 3.38. The molecule has 1 saturated heterocycles. The van der Waals surface area contributed by atoms with Crippen LogP contribution in [0.2, 0.25) is 0 Å². The Labute approximate surface area is 164 Å². The van der Waals surface area contributed by atoms with E-state index in [0.29, 0.717) is 24.5 Å². The van der Waals surface area contributed by atoms with E-state index in [2.05, 4.69) is 23.5 Å². The number of carbonyl (C=O) groups is 1. The first kappa shape index (κ1) is 18.5. The normalized spacial score (nSPS) is 20.3. The Morgan fingerprint density at radius 2 is 2.07 bits per heavy atom. The number of likely N-dealkylation sites (tertiary alicyclic amines) is 1. The quantitative estimate of drug-likeness (QED) is 0.830. The first-order valence-corrected chi connectivity index (χ1v) is 11.0. The van der Waals surface area contributed by atoms with Crippen LogP contribution >= 0.6 is 11.3 Å². The fourth-order valence-corrected chi connectivity index (χ4v) is 5.19. The number of carbonyl (C=O) groups excluding carboxylic acids is 1. The molecule has 1 unspecified atom stereocenters. The second-order valence-electron chi connectivity index (χ2n) is 7.74. The van der Waals surface area contributed by atoms with E-state index in [0.717, 1.165) is 36.0 Å². The van der Waals surface area contributed by atoms with Crippen LogP contribution in [-0.4, -0.2) is 51.3 Å². The fourth-order valence-electron chi connectivity index (χ4n) is 4.30. The number of imidazole rings is 1. The molecular weight excluding hydrogens is 362 g/mol. The molecule has 2 aliphatic rings. The average molecular weight is 392 g/mol. The molecule has 1 atom stereocenters. The van der Waals surface area contributed by atoms with Gasteiger partial charge in [0.05, 0.1) is 18.5 Å². The molecule has 1 N–H and O–H groups in total. The lowest BCUT2D eigenvalue weighted by Crippen LogP contribution is -2.42. The summed E-state index contributed by atoms with van der Waals surface area (Å²) in [7, 11) is 0. The maximum Gasteiger partial charge on any atom is 0.409 e. The van der Waals surface area contributed by atoms with Gasteiger partial charge in [0.15, 0.2) is 0 Å². The number of rotatable bonds is 5. The molecule has 0 radical (unpaired) electrons. The third-order valence-electron chi connectivity index (χ3n) is 5.96. The molecule has 3 heterocycles. The predicted octanol–water partition coefficient (Wildman–Crippen LogP) is 4.12. The van der Waals surface area contributed by atoms with Crippen LogP contribution in [0.25, 0.3) is 4.96 Å². The summed E-state index contributed by atoms with van der Waals surface area (Å²) >= 11 is 1.63. The molecule has 27 heavy (non-hydrogen) atoms. The van der Waals surface area contributed by atoms with E-state index in [9.17, 15) is 4.79 Å². The molecule has 1 amide bonds. The van der Waals surface area contributed by atoms with Gasteiger partial charge in [0, 0.05) is 25.0 Å². The van der Waals surface area contributed by atoms with Gasteiger partial charge in [0.25, 0.3) is 0 Å². The number of aromatic nitrogens is 3. The van der Waals surface area contributed by atoms with Crippen molar-refractivity contribution >= 4 is 27.5 Å². The minimum absolute atomic E-state index is 0.184. The van der Waals surface area contributed by atoms with E-state index in [1.54, 1.807) is 11.3 Å². The molecule has 4 rings (SSSR count). The zero-order valence-electron chi connectivity index (χ0n) is 16.2. The van der Waals surface area contributed by atoms with Crippen molar-refractivity contribution in [1.82, 2.24) is 19.5 Å². The molecule has 1 aliphatic carbocycles. The van der Waals surface area contributed by atoms with E-state index in [1.165, 1.54) is 31.4 Å². The number of amides is 1. The van der Waals surface area contributed by atoms with Crippen LogP contribution < -0.4 is 5.32 Å². The summed E-state index contributed by atoms with van der Waals surface area (Å²) in [6, 6.07) is 0.319. The molecule has 0 aromatic carbocycles. The van der Waals surface area contributed by atoms with Crippen LogP contribution in [0.3, 0.4) is 0 Å². The Morgan fingerprint density at radius 3 is 2.74 bits per heavy atom. The molecule has 8 heteroatoms. The van der Waals surface area contributed by atoms with E-state index >= 15 is 0 Å². The molecule has 2 aromatic heterocycles. The van der Waals surface area contributed by atoms with Crippen LogP contribution in [0.1, 0.15) is 64.0 Å². The number of nitrogens with one attached hydrogen (secondary N) is 1. The molecule has 7 nitrogen and oxygen atoms in total. The molecule has 2 fully saturated rings. The summed E-state index contributed by atoms with van der Waals surface area (Å²) in [5, 5.41) is 9.17. The Morgan fingerprint density at radius 1 is 1.33 bits per heavy atom. The van der Waals surface area contributed by atoms with Gasteiger partial charge >= 0.3 is 6.09 Å². The van der Waals surface area contributed by atoms with Gasteiger partial charge in [-0.1, -0.05) is 24.2 Å². The molecule has 148 valence electrons. The van der Waals surface area contributed by atoms with E-state index in [-0.39, 0.29) is 6.09 Å². The third kappa shape index (κ3) is 4.05. The number of anilines is 1. The second-order valence-corrected chi connectivity index (χ2v) is 8.69. The molecule has 0 bridgehead atoms. The molecule has 0 spiro atoms. The van der Waals surface area contributed by atoms with Crippen LogP contribution in [0.15, 0.2) is 6.20 Å². The Bertz CT molecular complexity index is 743. The highest BCUT2D eigenvalue weighted by Crippen LogP contribution is 2.34. The minimum Gasteiger partial charge on any atom is -0.450 e. The van der Waals surface area contributed by atoms with Crippen LogP contribution in [0.4, 0.5) is 9.93 Å². The number of hydrogen-bond donors (Lipinski definition) is 1. The molecule has 2 aromatic rings. The van der Waals surface area contributed by atoms with Crippen molar-refractivity contribution in [3.63, 3.8) is 0 Å². The molecule has 1 saturated carbocycles. The number of fused-ring (bicyclic) bond motifs is 1. The van der Waals surface area contributed by atoms with E-state index in [4.69, 9.17) is 9.72 Å². The summed E-state index contributed by atoms with van der Waals surface area (Å²) in [4.78, 5) is 19.4. The number of ether oxygens (including phenoxy) is 1. The van der Waals surface area contributed by atoms with E-state index < -0.39 is 0 Å². The Balaban J connectivity index is 1.32. The second kappa shape index (κ2) is 8.04. The van der Waals surface area contributed by atoms with Gasteiger partial charge in [-0.05, 0) is 45.4 Å². The minimum atomic E-state index is -0.184. The highest BCUT2D eigenvalue weighted by molar-refractivity contribution is 7.20. The lowest BCUT2D eigenvalue weighted by atomic mass is 9.90. The third-order valence-corrected chi connectivity index (χ3v) is 6.81. The summed E-state index contributed by atoms with van der Waals surface area (Å²) in [6.07, 6.45) is 9.06. The van der Waals surface area contributed by atoms with Crippen molar-refractivity contribution in [3.05, 3.63) is 11.9 Å². The van der Waals surface area contributed by atoms with Gasteiger partial charge in [-0.3, -0.25) is 0 Å². The molecule has 1 aliphatic heterocycles. The molecular formula is C19H29N5O2S. The summed E-state index contributed by atoms with van der Waals surface area (Å²) in [5.74, 6) is 1.15. The van der Waals surface area contributed by atoms with E-state index in [1.807, 2.05) is 16.3 Å². The first-order valence-electron chi connectivity index (χ1n) is 10.2. The fraction of sp³-hybridized carbons (Fsp3) is 0.737. The number of hydrogen-bond acceptors (Lipinski definition) is 6. The van der Waals surface area contributed by atoms with Crippen molar-refractivity contribution in [2.75, 3.05) is 25.0 Å². The van der Waals surface area contributed by atoms with Crippen molar-refractivity contribution in [1.29, 1.82) is 0 Å². The van der Waals surface area contributed by atoms with Gasteiger partial charge in [0.1, 0.15) is 0 Å². The monoisotopic (exact) mass is 391 g/mol. The SMILES string of the molecule is CCOC(=O)N1CCC(C(C)Nc2nn3cc(C4CCCC4)nc3s2)CC1. The highest BCUT2D eigenvalue weighted by atomic mass is 32.1. The van der Waals surface area contributed by atoms with Crippen LogP contribution in [-0.2, 0) is 4.74 Å². The van der Waals surface area contributed by atoms with Gasteiger partial charge in [-0.25, -0.2) is 14.3 Å². The zero-order chi connectivity index (χ0) is 18.8. The topological polar surface area (TPSA) is 71.8 Å². The number of piperidine rings is 1. The van der Waals surface area contributed by atoms with Crippen LogP contribution in [0, 0.1) is 5.92 Å². The summed E-state index contributed by atoms with van der Waals surface area (Å²) < 4.78 is 7.02. The lowest BCUT2D eigenvalue weighted by molar-refractivity contribution is 0.0903. The Kier molecular flexibility index (Phi) is 5.52. The zero-order valence-corrected chi connectivity index (χ0v) is 17.0. The van der Waals surface area contributed by atoms with Gasteiger partial charge in [-0.2, -0.15) is 0 Å². The maximum absolute atomic E-state index is 11.8. The van der Waals surface area contributed by atoms with Crippen molar-refractivity contribution in [2.24, 2.45) is 5.92 Å². The summed E-state index contributed by atoms with van der Waals surface area (Å²) in [6.45, 7) is 6.02. The van der Waals surface area contributed by atoms with Crippen molar-refractivity contribution in [2.45, 2.75) is 64.3 Å². The highest BCUT2D eigenvalue weighted by Gasteiger charge is 2.28. The van der Waals surface area contributed by atoms with Crippen LogP contribution in [0.5, 0.6) is 0 Å². The van der Waals surface area contributed by atoms with Gasteiger partial charge in [-0.15, -0.1) is 5.10 Å². The smallest absolute Gasteiger partial charge is 0.409 e. The van der Waals surface area contributed by atoms with Gasteiger partial charge in [0.2, 0.25) is 10.1 Å². The lowest BCUT2D eigenvalue weighted by Gasteiger charge is -2.34. The van der Waals surface area contributed by atoms with Gasteiger partial charge < -0.3 is 15.0 Å². The predicted molar refractivity (Wildman–Crippen MR) is 106 cm³/mol. The summed E-state index contributed by atoms with van der Waals surface area (Å²) in [5.41, 5.74) is 1.21. The standard InChI is InChI=1S/C19H29N5O2S/c1-3-26-19(25)23-10-8-14(9-11-23)13(2)20-17-22-24-12-16(21-18(24)27-17)15-6-4-5-7-15/h12-15H,3-11H2,1-2H3,(H,20,22). The first-order chi connectivity index (χ1) is 13.1.